The molecule has 0 saturated carbocycles. The van der Waals surface area contributed by atoms with E-state index in [0.29, 0.717) is 12.1 Å². The fourth-order valence-corrected chi connectivity index (χ4v) is 4.66. The molecular formula is C23H29N3O4S. The molecular weight excluding hydrogens is 414 g/mol. The Morgan fingerprint density at radius 2 is 1.77 bits per heavy atom. The molecule has 31 heavy (non-hydrogen) atoms. The van der Waals surface area contributed by atoms with Crippen LogP contribution in [0.2, 0.25) is 0 Å². The second kappa shape index (κ2) is 10.6. The highest BCUT2D eigenvalue weighted by Crippen LogP contribution is 2.26. The van der Waals surface area contributed by atoms with E-state index < -0.39 is 10.0 Å². The zero-order chi connectivity index (χ0) is 22.3. The van der Waals surface area contributed by atoms with Crippen LogP contribution in [-0.4, -0.2) is 52.5 Å². The molecule has 2 aromatic carbocycles. The van der Waals surface area contributed by atoms with Gasteiger partial charge in [-0.2, -0.15) is 0 Å². The van der Waals surface area contributed by atoms with Crippen LogP contribution in [0.15, 0.2) is 66.1 Å². The molecule has 7 nitrogen and oxygen atoms in total. The number of methoxy groups -OCH3 is 1. The van der Waals surface area contributed by atoms with Gasteiger partial charge in [-0.05, 0) is 67.9 Å². The van der Waals surface area contributed by atoms with Crippen LogP contribution >= 0.6 is 0 Å². The molecule has 1 aliphatic heterocycles. The molecule has 0 aliphatic carbocycles. The first-order valence-electron chi connectivity index (χ1n) is 10.3. The van der Waals surface area contributed by atoms with Gasteiger partial charge < -0.3 is 10.1 Å². The van der Waals surface area contributed by atoms with Gasteiger partial charge in [0.2, 0.25) is 10.0 Å². The lowest BCUT2D eigenvalue weighted by Crippen LogP contribution is -2.36. The highest BCUT2D eigenvalue weighted by molar-refractivity contribution is 7.89. The summed E-state index contributed by atoms with van der Waals surface area (Å²) in [6.07, 6.45) is 3.77. The van der Waals surface area contributed by atoms with Crippen LogP contribution in [0, 0.1) is 0 Å². The summed E-state index contributed by atoms with van der Waals surface area (Å²) in [6, 6.07) is 13.9. The number of likely N-dealkylation sites (tertiary alicyclic amines) is 1. The van der Waals surface area contributed by atoms with Crippen molar-refractivity contribution in [2.45, 2.75) is 23.8 Å². The van der Waals surface area contributed by atoms with Crippen LogP contribution < -0.4 is 14.8 Å². The molecule has 2 aromatic rings. The zero-order valence-electron chi connectivity index (χ0n) is 17.7. The molecule has 1 unspecified atom stereocenters. The van der Waals surface area contributed by atoms with E-state index in [0.717, 1.165) is 37.2 Å². The van der Waals surface area contributed by atoms with Gasteiger partial charge in [0.25, 0.3) is 5.91 Å². The predicted octanol–water partition coefficient (Wildman–Crippen LogP) is 2.73. The molecule has 1 saturated heterocycles. The summed E-state index contributed by atoms with van der Waals surface area (Å²) >= 11 is 0. The lowest BCUT2D eigenvalue weighted by Gasteiger charge is -2.28. The molecule has 1 amide bonds. The van der Waals surface area contributed by atoms with Crippen molar-refractivity contribution in [2.75, 3.05) is 33.3 Å². The number of sulfonamides is 1. The molecule has 0 aromatic heterocycles. The third-order valence-corrected chi connectivity index (χ3v) is 6.82. The molecule has 2 N–H and O–H groups in total. The van der Waals surface area contributed by atoms with E-state index in [4.69, 9.17) is 4.74 Å². The molecule has 1 aliphatic rings. The number of hydrogen-bond acceptors (Lipinski definition) is 5. The van der Waals surface area contributed by atoms with Crippen molar-refractivity contribution in [3.05, 3.63) is 72.3 Å². The molecule has 3 rings (SSSR count). The fourth-order valence-electron chi connectivity index (χ4n) is 3.67. The van der Waals surface area contributed by atoms with Crippen LogP contribution in [0.3, 0.4) is 0 Å². The maximum Gasteiger partial charge on any atom is 0.251 e. The van der Waals surface area contributed by atoms with E-state index in [1.165, 1.54) is 30.3 Å². The Hall–Kier alpha value is -2.68. The molecule has 0 radical (unpaired) electrons. The minimum absolute atomic E-state index is 0.0695. The van der Waals surface area contributed by atoms with Crippen LogP contribution in [0.4, 0.5) is 0 Å². The second-order valence-corrected chi connectivity index (χ2v) is 9.17. The van der Waals surface area contributed by atoms with Gasteiger partial charge in [0.05, 0.1) is 18.0 Å². The van der Waals surface area contributed by atoms with Gasteiger partial charge in [-0.3, -0.25) is 9.69 Å². The van der Waals surface area contributed by atoms with E-state index in [1.807, 2.05) is 24.3 Å². The van der Waals surface area contributed by atoms with Crippen molar-refractivity contribution < 1.29 is 17.9 Å². The monoisotopic (exact) mass is 443 g/mol. The topological polar surface area (TPSA) is 87.7 Å². The summed E-state index contributed by atoms with van der Waals surface area (Å²) in [6.45, 7) is 6.10. The number of ether oxygens (including phenoxy) is 1. The number of nitrogens with zero attached hydrogens (tertiary/aromatic N) is 1. The normalized spacial score (nSPS) is 15.4. The fraction of sp³-hybridized carbons (Fsp3) is 0.348. The zero-order valence-corrected chi connectivity index (χ0v) is 18.5. The number of rotatable bonds is 10. The van der Waals surface area contributed by atoms with Crippen LogP contribution in [0.1, 0.15) is 34.8 Å². The Bertz CT molecular complexity index is 982. The van der Waals surface area contributed by atoms with Crippen LogP contribution in [0.25, 0.3) is 0 Å². The first-order valence-corrected chi connectivity index (χ1v) is 11.8. The Labute approximate surface area is 184 Å². The number of nitrogens with one attached hydrogen (secondary N) is 2. The van der Waals surface area contributed by atoms with E-state index in [2.05, 4.69) is 21.5 Å². The molecule has 166 valence electrons. The molecule has 1 atom stereocenters. The Balaban J connectivity index is 1.68. The third kappa shape index (κ3) is 5.94. The summed E-state index contributed by atoms with van der Waals surface area (Å²) in [5.41, 5.74) is 1.54. The van der Waals surface area contributed by atoms with Gasteiger partial charge in [-0.1, -0.05) is 18.2 Å². The summed E-state index contributed by atoms with van der Waals surface area (Å²) in [4.78, 5) is 15.2. The number of amides is 1. The van der Waals surface area contributed by atoms with Gasteiger partial charge in [0, 0.05) is 18.7 Å². The van der Waals surface area contributed by atoms with Gasteiger partial charge in [-0.15, -0.1) is 6.58 Å². The lowest BCUT2D eigenvalue weighted by atomic mass is 10.0. The number of hydrogen-bond donors (Lipinski definition) is 2. The summed E-state index contributed by atoms with van der Waals surface area (Å²) in [5.74, 6) is 0.561. The van der Waals surface area contributed by atoms with Crippen LogP contribution in [-0.2, 0) is 10.0 Å². The first-order chi connectivity index (χ1) is 14.9. The molecule has 1 fully saturated rings. The average molecular weight is 444 g/mol. The van der Waals surface area contributed by atoms with E-state index in [-0.39, 0.29) is 23.4 Å². The lowest BCUT2D eigenvalue weighted by molar-refractivity contribution is 0.0937. The van der Waals surface area contributed by atoms with Gasteiger partial charge in [-0.25, -0.2) is 13.1 Å². The van der Waals surface area contributed by atoms with Gasteiger partial charge in [0.1, 0.15) is 5.75 Å². The number of benzene rings is 2. The second-order valence-electron chi connectivity index (χ2n) is 7.41. The van der Waals surface area contributed by atoms with Gasteiger partial charge in [0.15, 0.2) is 0 Å². The Kier molecular flexibility index (Phi) is 7.84. The SMILES string of the molecule is C=CCNS(=O)(=O)c1ccc(C(=O)NCC(c2ccc(OC)cc2)N2CCCC2)cc1. The van der Waals surface area contributed by atoms with E-state index in [1.54, 1.807) is 7.11 Å². The third-order valence-electron chi connectivity index (χ3n) is 5.38. The predicted molar refractivity (Wildman–Crippen MR) is 121 cm³/mol. The minimum Gasteiger partial charge on any atom is -0.497 e. The van der Waals surface area contributed by atoms with Crippen molar-refractivity contribution >= 4 is 15.9 Å². The van der Waals surface area contributed by atoms with Crippen molar-refractivity contribution in [3.63, 3.8) is 0 Å². The first kappa shape index (κ1) is 23.0. The Morgan fingerprint density at radius 1 is 1.13 bits per heavy atom. The average Bonchev–Trinajstić information content (AvgIpc) is 3.33. The number of carbonyl (C=O) groups is 1. The standard InChI is InChI=1S/C23H29N3O4S/c1-3-14-25-31(28,29)21-12-8-19(9-13-21)23(27)24-17-22(26-15-4-5-16-26)18-6-10-20(30-2)11-7-18/h3,6-13,22,25H,1,4-5,14-17H2,2H3,(H,24,27). The summed E-state index contributed by atoms with van der Waals surface area (Å²) in [7, 11) is -1.98. The highest BCUT2D eigenvalue weighted by atomic mass is 32.2. The van der Waals surface area contributed by atoms with Crippen molar-refractivity contribution in [1.82, 2.24) is 14.9 Å². The largest absolute Gasteiger partial charge is 0.497 e. The maximum absolute atomic E-state index is 12.7. The van der Waals surface area contributed by atoms with Crippen molar-refractivity contribution in [1.29, 1.82) is 0 Å². The molecule has 8 heteroatoms. The smallest absolute Gasteiger partial charge is 0.251 e. The highest BCUT2D eigenvalue weighted by Gasteiger charge is 2.24. The van der Waals surface area contributed by atoms with E-state index in [9.17, 15) is 13.2 Å². The maximum atomic E-state index is 12.7. The quantitative estimate of drug-likeness (QED) is 0.552. The molecule has 0 spiro atoms. The summed E-state index contributed by atoms with van der Waals surface area (Å²) < 4.78 is 32.0. The van der Waals surface area contributed by atoms with Crippen molar-refractivity contribution in [2.24, 2.45) is 0 Å². The van der Waals surface area contributed by atoms with E-state index >= 15 is 0 Å². The van der Waals surface area contributed by atoms with Crippen molar-refractivity contribution in [3.8, 4) is 5.75 Å². The molecule has 0 bridgehead atoms. The van der Waals surface area contributed by atoms with Gasteiger partial charge >= 0.3 is 0 Å². The Morgan fingerprint density at radius 3 is 2.35 bits per heavy atom. The molecule has 1 heterocycles. The summed E-state index contributed by atoms with van der Waals surface area (Å²) in [5, 5.41) is 3.01. The van der Waals surface area contributed by atoms with Crippen LogP contribution in [0.5, 0.6) is 5.75 Å². The minimum atomic E-state index is -3.61. The number of carbonyl (C=O) groups excluding carboxylic acids is 1.